The molecule has 0 atom stereocenters. The molecule has 0 saturated heterocycles. The van der Waals surface area contributed by atoms with Crippen molar-refractivity contribution in [3.8, 4) is 5.75 Å². The van der Waals surface area contributed by atoms with Crippen LogP contribution in [0.3, 0.4) is 0 Å². The van der Waals surface area contributed by atoms with Gasteiger partial charge in [0.05, 0.1) is 10.0 Å². The van der Waals surface area contributed by atoms with Gasteiger partial charge in [0.2, 0.25) is 0 Å². The molecule has 6 heteroatoms. The van der Waals surface area contributed by atoms with Gasteiger partial charge in [0.1, 0.15) is 10.6 Å². The number of ether oxygens (including phenoxy) is 1. The van der Waals surface area contributed by atoms with Crippen molar-refractivity contribution in [2.75, 3.05) is 0 Å². The van der Waals surface area contributed by atoms with Gasteiger partial charge in [-0.05, 0) is 24.3 Å². The smallest absolute Gasteiger partial charge is 0.355 e. The number of esters is 1. The number of rotatable bonds is 2. The van der Waals surface area contributed by atoms with E-state index in [2.05, 4.69) is 0 Å². The van der Waals surface area contributed by atoms with Crippen LogP contribution in [0.25, 0.3) is 10.1 Å². The number of halogens is 3. The van der Waals surface area contributed by atoms with Gasteiger partial charge in [-0.25, -0.2) is 4.79 Å². The van der Waals surface area contributed by atoms with Crippen LogP contribution in [0.15, 0.2) is 42.5 Å². The maximum absolute atomic E-state index is 12.3. The molecular weight excluding hydrogens is 351 g/mol. The molecule has 3 rings (SSSR count). The molecule has 0 bridgehead atoms. The van der Waals surface area contributed by atoms with Crippen LogP contribution >= 0.6 is 46.1 Å². The Kier molecular flexibility index (Phi) is 4.09. The minimum atomic E-state index is -0.537. The van der Waals surface area contributed by atoms with Crippen LogP contribution < -0.4 is 4.74 Å². The summed E-state index contributed by atoms with van der Waals surface area (Å²) in [6.45, 7) is 0. The Morgan fingerprint density at radius 1 is 1.05 bits per heavy atom. The Labute approximate surface area is 139 Å². The zero-order valence-corrected chi connectivity index (χ0v) is 13.5. The molecule has 106 valence electrons. The van der Waals surface area contributed by atoms with Crippen LogP contribution in [0.2, 0.25) is 15.1 Å². The predicted octanol–water partition coefficient (Wildman–Crippen LogP) is 6.08. The van der Waals surface area contributed by atoms with Crippen molar-refractivity contribution < 1.29 is 9.53 Å². The van der Waals surface area contributed by atoms with Gasteiger partial charge in [-0.1, -0.05) is 53.0 Å². The number of hydrogen-bond donors (Lipinski definition) is 0. The molecule has 3 aromatic rings. The van der Waals surface area contributed by atoms with Crippen LogP contribution in [0.5, 0.6) is 5.75 Å². The number of fused-ring (bicyclic) bond motifs is 1. The van der Waals surface area contributed by atoms with Crippen molar-refractivity contribution in [3.63, 3.8) is 0 Å². The molecular formula is C15H7Cl3O2S. The predicted molar refractivity (Wildman–Crippen MR) is 88.3 cm³/mol. The lowest BCUT2D eigenvalue weighted by Gasteiger charge is -2.05. The summed E-state index contributed by atoms with van der Waals surface area (Å²) in [6, 6.07) is 12.2. The van der Waals surface area contributed by atoms with Crippen LogP contribution in [-0.4, -0.2) is 5.97 Å². The molecule has 0 saturated carbocycles. The fourth-order valence-electron chi connectivity index (χ4n) is 1.85. The highest BCUT2D eigenvalue weighted by Crippen LogP contribution is 2.36. The second-order valence-corrected chi connectivity index (χ2v) is 6.48. The standard InChI is InChI=1S/C15H7Cl3O2S/c16-8-5-6-11(10(17)7-8)20-15(19)14-13(18)9-3-1-2-4-12(9)21-14/h1-7H. The van der Waals surface area contributed by atoms with E-state index in [1.165, 1.54) is 17.4 Å². The maximum atomic E-state index is 12.3. The first-order chi connectivity index (χ1) is 10.1. The lowest BCUT2D eigenvalue weighted by Crippen LogP contribution is -2.07. The quantitative estimate of drug-likeness (QED) is 0.410. The van der Waals surface area contributed by atoms with Gasteiger partial charge in [0.15, 0.2) is 0 Å². The summed E-state index contributed by atoms with van der Waals surface area (Å²) in [5.74, 6) is -0.287. The van der Waals surface area contributed by atoms with E-state index in [0.717, 1.165) is 10.1 Å². The largest absolute Gasteiger partial charge is 0.421 e. The van der Waals surface area contributed by atoms with Crippen LogP contribution in [-0.2, 0) is 0 Å². The fourth-order valence-corrected chi connectivity index (χ4v) is 3.68. The maximum Gasteiger partial charge on any atom is 0.355 e. The molecule has 0 unspecified atom stereocenters. The van der Waals surface area contributed by atoms with E-state index in [-0.39, 0.29) is 10.8 Å². The Bertz CT molecular complexity index is 842. The molecule has 0 fully saturated rings. The fraction of sp³-hybridized carbons (Fsp3) is 0. The van der Waals surface area contributed by atoms with E-state index in [0.29, 0.717) is 14.9 Å². The first-order valence-electron chi connectivity index (χ1n) is 5.90. The number of carbonyl (C=O) groups is 1. The van der Waals surface area contributed by atoms with Gasteiger partial charge < -0.3 is 4.74 Å². The third-order valence-electron chi connectivity index (χ3n) is 2.82. The summed E-state index contributed by atoms with van der Waals surface area (Å²) >= 11 is 19.3. The van der Waals surface area contributed by atoms with E-state index in [4.69, 9.17) is 39.5 Å². The molecule has 1 heterocycles. The minimum absolute atomic E-state index is 0.250. The molecule has 2 aromatic carbocycles. The highest BCUT2D eigenvalue weighted by Gasteiger charge is 2.19. The van der Waals surface area contributed by atoms with Gasteiger partial charge in [-0.3, -0.25) is 0 Å². The average Bonchev–Trinajstić information content (AvgIpc) is 2.80. The Balaban J connectivity index is 1.95. The molecule has 0 radical (unpaired) electrons. The van der Waals surface area contributed by atoms with Crippen LogP contribution in [0, 0.1) is 0 Å². The summed E-state index contributed by atoms with van der Waals surface area (Å²) in [5.41, 5.74) is 0. The topological polar surface area (TPSA) is 26.3 Å². The monoisotopic (exact) mass is 356 g/mol. The SMILES string of the molecule is O=C(Oc1ccc(Cl)cc1Cl)c1sc2ccccc2c1Cl. The Hall–Kier alpha value is -1.26. The van der Waals surface area contributed by atoms with Crippen LogP contribution in [0.4, 0.5) is 0 Å². The van der Waals surface area contributed by atoms with Crippen molar-refractivity contribution in [2.24, 2.45) is 0 Å². The molecule has 0 aliphatic rings. The summed E-state index contributed by atoms with van der Waals surface area (Å²) in [5, 5.41) is 1.97. The molecule has 0 aliphatic heterocycles. The third kappa shape index (κ3) is 2.87. The molecule has 0 amide bonds. The van der Waals surface area contributed by atoms with Gasteiger partial charge in [-0.15, -0.1) is 11.3 Å². The number of hydrogen-bond acceptors (Lipinski definition) is 3. The lowest BCUT2D eigenvalue weighted by atomic mass is 10.2. The summed E-state index contributed by atoms with van der Waals surface area (Å²) in [6.07, 6.45) is 0. The number of thiophene rings is 1. The van der Waals surface area contributed by atoms with Crippen molar-refractivity contribution in [1.29, 1.82) is 0 Å². The molecule has 2 nitrogen and oxygen atoms in total. The van der Waals surface area contributed by atoms with Crippen molar-refractivity contribution in [1.82, 2.24) is 0 Å². The summed E-state index contributed by atoms with van der Waals surface area (Å²) in [4.78, 5) is 12.6. The molecule has 1 aromatic heterocycles. The summed E-state index contributed by atoms with van der Waals surface area (Å²) in [7, 11) is 0. The van der Waals surface area contributed by atoms with E-state index in [9.17, 15) is 4.79 Å². The average molecular weight is 358 g/mol. The first-order valence-corrected chi connectivity index (χ1v) is 7.85. The zero-order chi connectivity index (χ0) is 15.0. The molecule has 21 heavy (non-hydrogen) atoms. The number of carbonyl (C=O) groups excluding carboxylic acids is 1. The zero-order valence-electron chi connectivity index (χ0n) is 10.4. The molecule has 0 aliphatic carbocycles. The van der Waals surface area contributed by atoms with Gasteiger partial charge in [0, 0.05) is 15.1 Å². The Morgan fingerprint density at radius 3 is 2.52 bits per heavy atom. The van der Waals surface area contributed by atoms with E-state index in [1.54, 1.807) is 12.1 Å². The second kappa shape index (κ2) is 5.85. The third-order valence-corrected chi connectivity index (χ3v) is 5.00. The highest BCUT2D eigenvalue weighted by atomic mass is 35.5. The normalized spacial score (nSPS) is 10.8. The van der Waals surface area contributed by atoms with Crippen molar-refractivity contribution in [3.05, 3.63) is 62.4 Å². The molecule has 0 N–H and O–H groups in total. The summed E-state index contributed by atoms with van der Waals surface area (Å²) < 4.78 is 6.22. The first kappa shape index (κ1) is 14.7. The lowest BCUT2D eigenvalue weighted by molar-refractivity contribution is 0.0740. The van der Waals surface area contributed by atoms with Crippen molar-refractivity contribution >= 4 is 62.2 Å². The van der Waals surface area contributed by atoms with Gasteiger partial charge in [-0.2, -0.15) is 0 Å². The number of benzene rings is 2. The minimum Gasteiger partial charge on any atom is -0.421 e. The van der Waals surface area contributed by atoms with Gasteiger partial charge >= 0.3 is 5.97 Å². The van der Waals surface area contributed by atoms with Gasteiger partial charge in [0.25, 0.3) is 0 Å². The van der Waals surface area contributed by atoms with Crippen LogP contribution in [0.1, 0.15) is 9.67 Å². The van der Waals surface area contributed by atoms with E-state index >= 15 is 0 Å². The highest BCUT2D eigenvalue weighted by molar-refractivity contribution is 7.21. The van der Waals surface area contributed by atoms with E-state index in [1.807, 2.05) is 24.3 Å². The van der Waals surface area contributed by atoms with Crippen molar-refractivity contribution in [2.45, 2.75) is 0 Å². The van der Waals surface area contributed by atoms with E-state index < -0.39 is 5.97 Å². The second-order valence-electron chi connectivity index (χ2n) is 4.21. The molecule has 0 spiro atoms. The Morgan fingerprint density at radius 2 is 1.81 bits per heavy atom.